The summed E-state index contributed by atoms with van der Waals surface area (Å²) in [6, 6.07) is 14.3. The standard InChI is InChI=1S/C23H19ClFN3O2.ClH/c1-30-17-11-15(25)20-21(19(17)13-5-3-2-4-6-13)23(20,24)14-7-8-18(27-12-14)28-10-9-16(28)22(26)29;/h2-8,11-12,16H,9-10H2,1H3,(H2,26,29);1H/t16?,23-;/m0./s1. The van der Waals surface area contributed by atoms with Crippen LogP contribution in [-0.2, 0) is 9.67 Å². The topological polar surface area (TPSA) is 68.5 Å². The maximum atomic E-state index is 14.9. The monoisotopic (exact) mass is 459 g/mol. The molecule has 2 N–H and O–H groups in total. The van der Waals surface area contributed by atoms with Gasteiger partial charge in [0, 0.05) is 41.1 Å². The molecule has 1 aromatic heterocycles. The molecule has 1 unspecified atom stereocenters. The zero-order chi connectivity index (χ0) is 21.0. The van der Waals surface area contributed by atoms with Gasteiger partial charge in [0.15, 0.2) is 0 Å². The highest BCUT2D eigenvalue weighted by molar-refractivity contribution is 6.33. The third-order valence-corrected chi connectivity index (χ3v) is 6.54. The Hall–Kier alpha value is -2.83. The number of primary amides is 1. The lowest BCUT2D eigenvalue weighted by atomic mass is 10.0. The molecule has 5 rings (SSSR count). The van der Waals surface area contributed by atoms with Crippen molar-refractivity contribution in [3.05, 3.63) is 77.2 Å². The van der Waals surface area contributed by atoms with Crippen LogP contribution in [0.4, 0.5) is 10.2 Å². The minimum absolute atomic E-state index is 0. The van der Waals surface area contributed by atoms with Crippen molar-refractivity contribution in [2.45, 2.75) is 17.3 Å². The van der Waals surface area contributed by atoms with Crippen LogP contribution < -0.4 is 15.4 Å². The van der Waals surface area contributed by atoms with E-state index in [2.05, 4.69) is 4.98 Å². The Balaban J connectivity index is 0.00000231. The summed E-state index contributed by atoms with van der Waals surface area (Å²) < 4.78 is 20.3. The summed E-state index contributed by atoms with van der Waals surface area (Å²) in [5.74, 6) is 0.323. The van der Waals surface area contributed by atoms with Crippen LogP contribution in [0, 0.1) is 5.82 Å². The number of hydrogen-bond acceptors (Lipinski definition) is 4. The van der Waals surface area contributed by atoms with Crippen molar-refractivity contribution in [2.75, 3.05) is 18.6 Å². The normalized spacial score (nSPS) is 20.9. The molecule has 1 aliphatic carbocycles. The molecule has 2 aliphatic rings. The van der Waals surface area contributed by atoms with Crippen molar-refractivity contribution >= 4 is 35.7 Å². The number of amides is 1. The Morgan fingerprint density at radius 1 is 1.26 bits per heavy atom. The molecular weight excluding hydrogens is 440 g/mol. The Morgan fingerprint density at radius 2 is 2.00 bits per heavy atom. The second-order valence-corrected chi connectivity index (χ2v) is 8.08. The van der Waals surface area contributed by atoms with Crippen molar-refractivity contribution in [2.24, 2.45) is 5.73 Å². The number of hydrogen-bond donors (Lipinski definition) is 1. The highest BCUT2D eigenvalue weighted by Gasteiger charge is 2.56. The SMILES string of the molecule is COc1cc(F)c2c(c1-c1ccccc1)[C@]2(Cl)c1ccc(N2CCC2C(N)=O)nc1.Cl. The van der Waals surface area contributed by atoms with E-state index < -0.39 is 10.7 Å². The van der Waals surface area contributed by atoms with E-state index in [4.69, 9.17) is 22.1 Å². The van der Waals surface area contributed by atoms with Gasteiger partial charge < -0.3 is 15.4 Å². The van der Waals surface area contributed by atoms with Gasteiger partial charge in [-0.25, -0.2) is 9.37 Å². The number of pyridine rings is 1. The molecule has 0 radical (unpaired) electrons. The van der Waals surface area contributed by atoms with Gasteiger partial charge in [-0.2, -0.15) is 0 Å². The highest BCUT2D eigenvalue weighted by Crippen LogP contribution is 2.64. The molecule has 1 saturated heterocycles. The number of ether oxygens (including phenoxy) is 1. The summed E-state index contributed by atoms with van der Waals surface area (Å²) in [6.45, 7) is 0.718. The van der Waals surface area contributed by atoms with E-state index in [-0.39, 0.29) is 24.4 Å². The molecule has 31 heavy (non-hydrogen) atoms. The van der Waals surface area contributed by atoms with Crippen molar-refractivity contribution in [1.29, 1.82) is 0 Å². The third-order valence-electron chi connectivity index (χ3n) is 5.94. The van der Waals surface area contributed by atoms with E-state index in [9.17, 15) is 9.18 Å². The minimum Gasteiger partial charge on any atom is -0.496 e. The van der Waals surface area contributed by atoms with E-state index in [1.54, 1.807) is 12.3 Å². The van der Waals surface area contributed by atoms with Crippen molar-refractivity contribution in [3.63, 3.8) is 0 Å². The van der Waals surface area contributed by atoms with Crippen molar-refractivity contribution < 1.29 is 13.9 Å². The Labute approximate surface area is 190 Å². The number of alkyl halides is 1. The number of carbonyl (C=O) groups is 1. The van der Waals surface area contributed by atoms with Gasteiger partial charge in [-0.1, -0.05) is 36.4 Å². The third kappa shape index (κ3) is 3.13. The number of benzene rings is 2. The smallest absolute Gasteiger partial charge is 0.240 e. The first kappa shape index (κ1) is 21.4. The molecule has 1 aliphatic heterocycles. The lowest BCUT2D eigenvalue weighted by Crippen LogP contribution is -2.55. The largest absolute Gasteiger partial charge is 0.496 e. The number of nitrogens with zero attached hydrogens (tertiary/aromatic N) is 2. The Morgan fingerprint density at radius 3 is 2.55 bits per heavy atom. The number of rotatable bonds is 5. The van der Waals surface area contributed by atoms with Crippen LogP contribution in [-0.4, -0.2) is 30.6 Å². The first-order chi connectivity index (χ1) is 14.5. The zero-order valence-electron chi connectivity index (χ0n) is 16.6. The van der Waals surface area contributed by atoms with Gasteiger partial charge in [0.25, 0.3) is 0 Å². The number of anilines is 1. The molecule has 2 aromatic carbocycles. The number of aromatic nitrogens is 1. The minimum atomic E-state index is -1.10. The molecule has 1 fully saturated rings. The van der Waals surface area contributed by atoms with Gasteiger partial charge >= 0.3 is 0 Å². The summed E-state index contributed by atoms with van der Waals surface area (Å²) in [5.41, 5.74) is 8.92. The summed E-state index contributed by atoms with van der Waals surface area (Å²) >= 11 is 6.99. The number of methoxy groups -OCH3 is 1. The lowest BCUT2D eigenvalue weighted by Gasteiger charge is -2.39. The molecule has 1 amide bonds. The number of halogens is 3. The van der Waals surface area contributed by atoms with E-state index in [1.807, 2.05) is 41.3 Å². The van der Waals surface area contributed by atoms with Gasteiger partial charge in [0.2, 0.25) is 5.91 Å². The average Bonchev–Trinajstić information content (AvgIpc) is 3.35. The molecule has 2 heterocycles. The van der Waals surface area contributed by atoms with Gasteiger partial charge in [0.1, 0.15) is 28.3 Å². The fourth-order valence-electron chi connectivity index (χ4n) is 4.28. The summed E-state index contributed by atoms with van der Waals surface area (Å²) in [6.07, 6.45) is 2.36. The predicted octanol–water partition coefficient (Wildman–Crippen LogP) is 4.23. The maximum Gasteiger partial charge on any atom is 0.240 e. The fourth-order valence-corrected chi connectivity index (χ4v) is 4.72. The van der Waals surface area contributed by atoms with Gasteiger partial charge in [-0.15, -0.1) is 24.0 Å². The first-order valence-corrected chi connectivity index (χ1v) is 10.0. The van der Waals surface area contributed by atoms with E-state index >= 15 is 0 Å². The van der Waals surface area contributed by atoms with Crippen LogP contribution in [0.5, 0.6) is 5.75 Å². The zero-order valence-corrected chi connectivity index (χ0v) is 18.2. The predicted molar refractivity (Wildman–Crippen MR) is 121 cm³/mol. The molecule has 3 aromatic rings. The number of fused-ring (bicyclic) bond motifs is 1. The van der Waals surface area contributed by atoms with Crippen LogP contribution in [0.2, 0.25) is 0 Å². The fraction of sp³-hybridized carbons (Fsp3) is 0.217. The Bertz CT molecular complexity index is 1160. The molecule has 0 saturated carbocycles. The van der Waals surface area contributed by atoms with Gasteiger partial charge in [-0.05, 0) is 18.1 Å². The quantitative estimate of drug-likeness (QED) is 0.579. The number of carbonyl (C=O) groups excluding carboxylic acids is 1. The molecule has 0 bridgehead atoms. The second-order valence-electron chi connectivity index (χ2n) is 7.52. The van der Waals surface area contributed by atoms with Crippen LogP contribution in [0.3, 0.4) is 0 Å². The first-order valence-electron chi connectivity index (χ1n) is 9.65. The van der Waals surface area contributed by atoms with Gasteiger partial charge in [-0.3, -0.25) is 4.79 Å². The molecule has 5 nitrogen and oxygen atoms in total. The molecule has 2 atom stereocenters. The van der Waals surface area contributed by atoms with Crippen LogP contribution in [0.1, 0.15) is 23.1 Å². The molecule has 8 heteroatoms. The van der Waals surface area contributed by atoms with Crippen LogP contribution >= 0.6 is 24.0 Å². The van der Waals surface area contributed by atoms with E-state index in [0.717, 1.165) is 24.1 Å². The molecular formula is C23H20Cl2FN3O2. The average molecular weight is 460 g/mol. The van der Waals surface area contributed by atoms with E-state index in [1.165, 1.54) is 13.2 Å². The Kier molecular flexibility index (Phi) is 5.31. The van der Waals surface area contributed by atoms with Crippen molar-refractivity contribution in [3.8, 4) is 16.9 Å². The van der Waals surface area contributed by atoms with Crippen molar-refractivity contribution in [1.82, 2.24) is 4.98 Å². The van der Waals surface area contributed by atoms with E-state index in [0.29, 0.717) is 28.3 Å². The molecule has 0 spiro atoms. The number of nitrogens with two attached hydrogens (primary N) is 1. The van der Waals surface area contributed by atoms with Crippen LogP contribution in [0.15, 0.2) is 54.7 Å². The summed E-state index contributed by atoms with van der Waals surface area (Å²) in [4.78, 5) is 16.7. The lowest BCUT2D eigenvalue weighted by molar-refractivity contribution is -0.120. The van der Waals surface area contributed by atoms with Gasteiger partial charge in [0.05, 0.1) is 7.11 Å². The summed E-state index contributed by atoms with van der Waals surface area (Å²) in [5, 5.41) is 0. The highest BCUT2D eigenvalue weighted by atomic mass is 35.5. The maximum absolute atomic E-state index is 14.9. The second kappa shape index (κ2) is 7.70. The molecule has 160 valence electrons. The van der Waals surface area contributed by atoms with Crippen LogP contribution in [0.25, 0.3) is 11.1 Å². The summed E-state index contributed by atoms with van der Waals surface area (Å²) in [7, 11) is 1.52.